The van der Waals surface area contributed by atoms with Crippen molar-refractivity contribution in [3.05, 3.63) is 47.9 Å². The zero-order chi connectivity index (χ0) is 14.7. The molecule has 0 aromatic carbocycles. The fraction of sp³-hybridized carbons (Fsp3) is 0.214. The summed E-state index contributed by atoms with van der Waals surface area (Å²) in [4.78, 5) is 25.4. The maximum absolute atomic E-state index is 12.0. The third-order valence-electron chi connectivity index (χ3n) is 2.74. The van der Waals surface area contributed by atoms with Gasteiger partial charge in [0, 0.05) is 38.1 Å². The van der Waals surface area contributed by atoms with Gasteiger partial charge in [0.2, 0.25) is 0 Å². The number of carbonyl (C=O) groups excluding carboxylic acids is 2. The van der Waals surface area contributed by atoms with Crippen LogP contribution in [0.1, 0.15) is 20.7 Å². The lowest BCUT2D eigenvalue weighted by atomic mass is 10.1. The Morgan fingerprint density at radius 3 is 2.80 bits per heavy atom. The van der Waals surface area contributed by atoms with E-state index in [0.717, 1.165) is 0 Å². The van der Waals surface area contributed by atoms with Crippen LogP contribution in [0.4, 0.5) is 0 Å². The molecule has 0 N–H and O–H groups in total. The van der Waals surface area contributed by atoms with Crippen molar-refractivity contribution in [3.8, 4) is 0 Å². The largest absolute Gasteiger partial charge is 0.465 e. The van der Waals surface area contributed by atoms with Gasteiger partial charge in [-0.3, -0.25) is 4.79 Å². The fourth-order valence-corrected chi connectivity index (χ4v) is 1.71. The van der Waals surface area contributed by atoms with Gasteiger partial charge in [-0.05, 0) is 12.1 Å². The van der Waals surface area contributed by atoms with E-state index in [-0.39, 0.29) is 5.78 Å². The van der Waals surface area contributed by atoms with Gasteiger partial charge < -0.3 is 9.64 Å². The van der Waals surface area contributed by atoms with Crippen molar-refractivity contribution in [2.45, 2.75) is 0 Å². The molecule has 2 aromatic rings. The number of ether oxygens (including phenoxy) is 1. The molecule has 0 bridgehead atoms. The Morgan fingerprint density at radius 1 is 1.40 bits per heavy atom. The SMILES string of the molecule is COC(=O)c1cnn2ccc(C(=O)/C=C\N(C)C)cc12. The van der Waals surface area contributed by atoms with E-state index in [1.54, 1.807) is 29.4 Å². The van der Waals surface area contributed by atoms with Crippen LogP contribution in [0.3, 0.4) is 0 Å². The first-order chi connectivity index (χ1) is 9.52. The van der Waals surface area contributed by atoms with E-state index in [9.17, 15) is 9.59 Å². The van der Waals surface area contributed by atoms with E-state index in [0.29, 0.717) is 16.6 Å². The molecular formula is C14H15N3O3. The van der Waals surface area contributed by atoms with E-state index in [4.69, 9.17) is 0 Å². The molecule has 0 unspecified atom stereocenters. The molecule has 2 rings (SSSR count). The lowest BCUT2D eigenvalue weighted by Gasteiger charge is -2.03. The minimum absolute atomic E-state index is 0.141. The number of methoxy groups -OCH3 is 1. The first-order valence-electron chi connectivity index (χ1n) is 5.97. The average molecular weight is 273 g/mol. The van der Waals surface area contributed by atoms with Crippen LogP contribution in [0.25, 0.3) is 5.52 Å². The third kappa shape index (κ3) is 2.69. The van der Waals surface area contributed by atoms with Crippen LogP contribution in [0.5, 0.6) is 0 Å². The number of allylic oxidation sites excluding steroid dienone is 1. The van der Waals surface area contributed by atoms with E-state index in [2.05, 4.69) is 9.84 Å². The molecule has 0 saturated heterocycles. The maximum atomic E-state index is 12.0. The van der Waals surface area contributed by atoms with Crippen molar-refractivity contribution >= 4 is 17.3 Å². The number of carbonyl (C=O) groups is 2. The van der Waals surface area contributed by atoms with E-state index >= 15 is 0 Å². The highest BCUT2D eigenvalue weighted by Crippen LogP contribution is 2.14. The summed E-state index contributed by atoms with van der Waals surface area (Å²) in [6, 6.07) is 3.28. The average Bonchev–Trinajstić information content (AvgIpc) is 2.86. The molecule has 2 heterocycles. The molecule has 0 amide bonds. The Bertz CT molecular complexity index is 686. The number of fused-ring (bicyclic) bond motifs is 1. The van der Waals surface area contributed by atoms with Crippen LogP contribution in [-0.4, -0.2) is 47.5 Å². The molecule has 6 heteroatoms. The highest BCUT2D eigenvalue weighted by Gasteiger charge is 2.14. The monoisotopic (exact) mass is 273 g/mol. The van der Waals surface area contributed by atoms with E-state index in [1.165, 1.54) is 23.9 Å². The first-order valence-corrected chi connectivity index (χ1v) is 5.97. The van der Waals surface area contributed by atoms with Crippen molar-refractivity contribution in [1.82, 2.24) is 14.5 Å². The highest BCUT2D eigenvalue weighted by molar-refractivity contribution is 6.06. The van der Waals surface area contributed by atoms with Gasteiger partial charge in [-0.2, -0.15) is 5.10 Å². The van der Waals surface area contributed by atoms with Gasteiger partial charge in [-0.25, -0.2) is 9.31 Å². The molecule has 20 heavy (non-hydrogen) atoms. The van der Waals surface area contributed by atoms with Crippen molar-refractivity contribution in [2.75, 3.05) is 21.2 Å². The molecular weight excluding hydrogens is 258 g/mol. The Labute approximate surface area is 116 Å². The summed E-state index contributed by atoms with van der Waals surface area (Å²) < 4.78 is 6.21. The van der Waals surface area contributed by atoms with Gasteiger partial charge in [0.1, 0.15) is 5.56 Å². The number of nitrogens with zero attached hydrogens (tertiary/aromatic N) is 3. The molecule has 0 aliphatic heterocycles. The fourth-order valence-electron chi connectivity index (χ4n) is 1.71. The molecule has 0 radical (unpaired) electrons. The van der Waals surface area contributed by atoms with Gasteiger partial charge in [0.15, 0.2) is 5.78 Å². The molecule has 6 nitrogen and oxygen atoms in total. The number of rotatable bonds is 4. The molecule has 0 saturated carbocycles. The Morgan fingerprint density at radius 2 is 2.15 bits per heavy atom. The summed E-state index contributed by atoms with van der Waals surface area (Å²) in [5.41, 5.74) is 1.36. The Balaban J connectivity index is 2.42. The number of aromatic nitrogens is 2. The van der Waals surface area contributed by atoms with Crippen LogP contribution in [0.15, 0.2) is 36.8 Å². The summed E-state index contributed by atoms with van der Waals surface area (Å²) in [6.07, 6.45) is 6.20. The predicted octanol–water partition coefficient (Wildman–Crippen LogP) is 1.38. The Hall–Kier alpha value is -2.63. The van der Waals surface area contributed by atoms with Crippen molar-refractivity contribution in [1.29, 1.82) is 0 Å². The van der Waals surface area contributed by atoms with Crippen LogP contribution in [-0.2, 0) is 4.74 Å². The number of hydrogen-bond donors (Lipinski definition) is 0. The van der Waals surface area contributed by atoms with Gasteiger partial charge in [0.25, 0.3) is 0 Å². The topological polar surface area (TPSA) is 63.9 Å². The number of ketones is 1. The molecule has 0 atom stereocenters. The number of pyridine rings is 1. The van der Waals surface area contributed by atoms with E-state index < -0.39 is 5.97 Å². The zero-order valence-corrected chi connectivity index (χ0v) is 11.5. The molecule has 0 aliphatic carbocycles. The lowest BCUT2D eigenvalue weighted by molar-refractivity contribution is 0.0602. The minimum atomic E-state index is -0.478. The summed E-state index contributed by atoms with van der Waals surface area (Å²) in [5.74, 6) is -0.619. The van der Waals surface area contributed by atoms with Crippen LogP contribution >= 0.6 is 0 Å². The second kappa shape index (κ2) is 5.56. The smallest absolute Gasteiger partial charge is 0.341 e. The summed E-state index contributed by atoms with van der Waals surface area (Å²) in [5, 5.41) is 4.04. The third-order valence-corrected chi connectivity index (χ3v) is 2.74. The van der Waals surface area contributed by atoms with Gasteiger partial charge in [-0.1, -0.05) is 0 Å². The van der Waals surface area contributed by atoms with Gasteiger partial charge >= 0.3 is 5.97 Å². The van der Waals surface area contributed by atoms with Crippen LogP contribution < -0.4 is 0 Å². The normalized spacial score (nSPS) is 10.9. The molecule has 104 valence electrons. The first kappa shape index (κ1) is 13.8. The maximum Gasteiger partial charge on any atom is 0.341 e. The van der Waals surface area contributed by atoms with Crippen molar-refractivity contribution in [3.63, 3.8) is 0 Å². The molecule has 0 fully saturated rings. The lowest BCUT2D eigenvalue weighted by Crippen LogP contribution is -2.04. The predicted molar refractivity (Wildman–Crippen MR) is 73.7 cm³/mol. The summed E-state index contributed by atoms with van der Waals surface area (Å²) in [7, 11) is 4.97. The van der Waals surface area contributed by atoms with E-state index in [1.807, 2.05) is 14.1 Å². The molecule has 2 aromatic heterocycles. The van der Waals surface area contributed by atoms with Crippen LogP contribution in [0, 0.1) is 0 Å². The molecule has 0 aliphatic rings. The highest BCUT2D eigenvalue weighted by atomic mass is 16.5. The number of hydrogen-bond acceptors (Lipinski definition) is 5. The quantitative estimate of drug-likeness (QED) is 0.478. The minimum Gasteiger partial charge on any atom is -0.465 e. The second-order valence-corrected chi connectivity index (χ2v) is 4.44. The standard InChI is InChI=1S/C14H15N3O3/c1-16(2)6-5-13(18)10-4-7-17-12(8-10)11(9-15-17)14(19)20-3/h4-9H,1-3H3/b6-5-. The second-order valence-electron chi connectivity index (χ2n) is 4.44. The van der Waals surface area contributed by atoms with Crippen molar-refractivity contribution < 1.29 is 14.3 Å². The van der Waals surface area contributed by atoms with Gasteiger partial charge in [0.05, 0.1) is 18.8 Å². The van der Waals surface area contributed by atoms with Crippen molar-refractivity contribution in [2.24, 2.45) is 0 Å². The van der Waals surface area contributed by atoms with Gasteiger partial charge in [-0.15, -0.1) is 0 Å². The number of esters is 1. The molecule has 0 spiro atoms. The summed E-state index contributed by atoms with van der Waals surface area (Å²) in [6.45, 7) is 0. The Kier molecular flexibility index (Phi) is 3.84. The van der Waals surface area contributed by atoms with Crippen LogP contribution in [0.2, 0.25) is 0 Å². The zero-order valence-electron chi connectivity index (χ0n) is 11.5. The summed E-state index contributed by atoms with van der Waals surface area (Å²) >= 11 is 0.